The van der Waals surface area contributed by atoms with Gasteiger partial charge in [0.15, 0.2) is 6.61 Å². The van der Waals surface area contributed by atoms with Crippen LogP contribution in [0.5, 0.6) is 5.75 Å². The molecule has 0 saturated carbocycles. The standard InChI is InChI=1S/C26H35ClFN3O2/c1-5-29(6-2)17-22-13-23(27)9-12-25(22)33-18-26(32)31-15-19(3)30(14-20(31)4)16-21-7-10-24(28)11-8-21/h7-13,19-20H,5-6,14-18H2,1-4H3. The molecule has 3 rings (SSSR count). The molecule has 0 spiro atoms. The van der Waals surface area contributed by atoms with E-state index in [0.717, 1.165) is 43.9 Å². The van der Waals surface area contributed by atoms with Crippen LogP contribution >= 0.6 is 11.6 Å². The average Bonchev–Trinajstić information content (AvgIpc) is 2.80. The van der Waals surface area contributed by atoms with Crippen molar-refractivity contribution >= 4 is 17.5 Å². The Morgan fingerprint density at radius 3 is 2.45 bits per heavy atom. The SMILES string of the molecule is CCN(CC)Cc1cc(Cl)ccc1OCC(=O)N1CC(C)N(Cc2ccc(F)cc2)CC1C. The first-order valence-corrected chi connectivity index (χ1v) is 12.1. The van der Waals surface area contributed by atoms with Crippen molar-refractivity contribution in [3.63, 3.8) is 0 Å². The quantitative estimate of drug-likeness (QED) is 0.521. The summed E-state index contributed by atoms with van der Waals surface area (Å²) in [6, 6.07) is 12.4. The van der Waals surface area contributed by atoms with Crippen molar-refractivity contribution in [1.29, 1.82) is 0 Å². The maximum atomic E-state index is 13.2. The van der Waals surface area contributed by atoms with Gasteiger partial charge in [-0.25, -0.2) is 4.39 Å². The monoisotopic (exact) mass is 475 g/mol. The fraction of sp³-hybridized carbons (Fsp3) is 0.500. The molecular formula is C26H35ClFN3O2. The van der Waals surface area contributed by atoms with Crippen LogP contribution in [0, 0.1) is 5.82 Å². The number of piperazine rings is 1. The molecule has 7 heteroatoms. The number of rotatable bonds is 9. The predicted octanol–water partition coefficient (Wildman–Crippen LogP) is 4.82. The van der Waals surface area contributed by atoms with Gasteiger partial charge in [-0.2, -0.15) is 0 Å². The largest absolute Gasteiger partial charge is 0.483 e. The molecule has 1 aliphatic rings. The zero-order valence-corrected chi connectivity index (χ0v) is 20.8. The second kappa shape index (κ2) is 11.8. The molecule has 1 heterocycles. The maximum absolute atomic E-state index is 13.2. The third kappa shape index (κ3) is 6.92. The molecular weight excluding hydrogens is 441 g/mol. The Hall–Kier alpha value is -2.15. The number of carbonyl (C=O) groups excluding carboxylic acids is 1. The van der Waals surface area contributed by atoms with Crippen molar-refractivity contribution in [2.45, 2.75) is 52.9 Å². The van der Waals surface area contributed by atoms with Gasteiger partial charge in [0.2, 0.25) is 0 Å². The van der Waals surface area contributed by atoms with Crippen LogP contribution in [0.25, 0.3) is 0 Å². The van der Waals surface area contributed by atoms with Gasteiger partial charge in [-0.15, -0.1) is 0 Å². The number of carbonyl (C=O) groups is 1. The van der Waals surface area contributed by atoms with E-state index in [4.69, 9.17) is 16.3 Å². The lowest BCUT2D eigenvalue weighted by molar-refractivity contribution is -0.139. The van der Waals surface area contributed by atoms with Crippen molar-refractivity contribution in [3.05, 3.63) is 64.4 Å². The summed E-state index contributed by atoms with van der Waals surface area (Å²) in [5, 5.41) is 0.663. The van der Waals surface area contributed by atoms with Gasteiger partial charge in [0.1, 0.15) is 11.6 Å². The first-order valence-electron chi connectivity index (χ1n) is 11.7. The highest BCUT2D eigenvalue weighted by Gasteiger charge is 2.32. The van der Waals surface area contributed by atoms with Crippen LogP contribution in [0.3, 0.4) is 0 Å². The van der Waals surface area contributed by atoms with E-state index in [1.807, 2.05) is 29.2 Å². The van der Waals surface area contributed by atoms with E-state index in [0.29, 0.717) is 17.3 Å². The van der Waals surface area contributed by atoms with Crippen molar-refractivity contribution in [2.75, 3.05) is 32.8 Å². The number of ether oxygens (including phenoxy) is 1. The fourth-order valence-electron chi connectivity index (χ4n) is 4.31. The fourth-order valence-corrected chi connectivity index (χ4v) is 4.51. The summed E-state index contributed by atoms with van der Waals surface area (Å²) in [7, 11) is 0. The molecule has 1 fully saturated rings. The first kappa shape index (κ1) is 25.5. The number of hydrogen-bond acceptors (Lipinski definition) is 4. The lowest BCUT2D eigenvalue weighted by Crippen LogP contribution is -2.58. The van der Waals surface area contributed by atoms with E-state index in [-0.39, 0.29) is 30.4 Å². The Bertz CT molecular complexity index is 920. The van der Waals surface area contributed by atoms with Gasteiger partial charge >= 0.3 is 0 Å². The summed E-state index contributed by atoms with van der Waals surface area (Å²) >= 11 is 6.21. The Morgan fingerprint density at radius 1 is 1.09 bits per heavy atom. The molecule has 2 aromatic carbocycles. The van der Waals surface area contributed by atoms with Gasteiger partial charge in [0.25, 0.3) is 5.91 Å². The molecule has 180 valence electrons. The molecule has 0 aromatic heterocycles. The maximum Gasteiger partial charge on any atom is 0.260 e. The van der Waals surface area contributed by atoms with E-state index < -0.39 is 0 Å². The normalized spacial score (nSPS) is 19.2. The smallest absolute Gasteiger partial charge is 0.260 e. The highest BCUT2D eigenvalue weighted by molar-refractivity contribution is 6.30. The Kier molecular flexibility index (Phi) is 9.12. The number of halogens is 2. The average molecular weight is 476 g/mol. The number of amides is 1. The van der Waals surface area contributed by atoms with E-state index in [9.17, 15) is 9.18 Å². The Balaban J connectivity index is 1.59. The van der Waals surface area contributed by atoms with Crippen molar-refractivity contribution < 1.29 is 13.9 Å². The van der Waals surface area contributed by atoms with Crippen molar-refractivity contribution in [1.82, 2.24) is 14.7 Å². The molecule has 0 N–H and O–H groups in total. The summed E-state index contributed by atoms with van der Waals surface area (Å²) in [4.78, 5) is 19.6. The Morgan fingerprint density at radius 2 is 1.79 bits per heavy atom. The third-order valence-electron chi connectivity index (χ3n) is 6.40. The Labute approximate surface area is 202 Å². The van der Waals surface area contributed by atoms with E-state index in [1.165, 1.54) is 12.1 Å². The van der Waals surface area contributed by atoms with Crippen LogP contribution in [0.15, 0.2) is 42.5 Å². The minimum atomic E-state index is -0.225. The van der Waals surface area contributed by atoms with Gasteiger partial charge in [0, 0.05) is 48.8 Å². The van der Waals surface area contributed by atoms with Crippen LogP contribution in [-0.2, 0) is 17.9 Å². The summed E-state index contributed by atoms with van der Waals surface area (Å²) in [5.74, 6) is 0.464. The topological polar surface area (TPSA) is 36.0 Å². The minimum Gasteiger partial charge on any atom is -0.483 e. The number of hydrogen-bond donors (Lipinski definition) is 0. The van der Waals surface area contributed by atoms with Crippen LogP contribution in [0.1, 0.15) is 38.8 Å². The van der Waals surface area contributed by atoms with Gasteiger partial charge in [-0.3, -0.25) is 14.6 Å². The van der Waals surface area contributed by atoms with Crippen LogP contribution in [0.2, 0.25) is 5.02 Å². The summed E-state index contributed by atoms with van der Waals surface area (Å²) < 4.78 is 19.2. The molecule has 1 saturated heterocycles. The number of benzene rings is 2. The predicted molar refractivity (Wildman–Crippen MR) is 131 cm³/mol. The second-order valence-electron chi connectivity index (χ2n) is 8.80. The summed E-state index contributed by atoms with van der Waals surface area (Å²) in [5.41, 5.74) is 2.06. The van der Waals surface area contributed by atoms with Crippen molar-refractivity contribution in [3.8, 4) is 5.75 Å². The van der Waals surface area contributed by atoms with Crippen molar-refractivity contribution in [2.24, 2.45) is 0 Å². The van der Waals surface area contributed by atoms with Gasteiger partial charge < -0.3 is 9.64 Å². The molecule has 2 unspecified atom stereocenters. The van der Waals surface area contributed by atoms with Crippen LogP contribution in [-0.4, -0.2) is 65.5 Å². The summed E-state index contributed by atoms with van der Waals surface area (Å²) in [6.07, 6.45) is 0. The number of nitrogens with zero attached hydrogens (tertiary/aromatic N) is 3. The first-order chi connectivity index (χ1) is 15.8. The van der Waals surface area contributed by atoms with E-state index in [1.54, 1.807) is 6.07 Å². The van der Waals surface area contributed by atoms with E-state index in [2.05, 4.69) is 37.5 Å². The second-order valence-corrected chi connectivity index (χ2v) is 9.24. The molecule has 5 nitrogen and oxygen atoms in total. The molecule has 2 atom stereocenters. The van der Waals surface area contributed by atoms with E-state index >= 15 is 0 Å². The zero-order valence-electron chi connectivity index (χ0n) is 20.1. The third-order valence-corrected chi connectivity index (χ3v) is 6.63. The molecule has 0 bridgehead atoms. The van der Waals surface area contributed by atoms with Gasteiger partial charge in [-0.1, -0.05) is 37.6 Å². The minimum absolute atomic E-state index is 0.00189. The molecule has 1 aliphatic heterocycles. The van der Waals surface area contributed by atoms with Crippen LogP contribution in [0.4, 0.5) is 4.39 Å². The highest BCUT2D eigenvalue weighted by atomic mass is 35.5. The lowest BCUT2D eigenvalue weighted by atomic mass is 10.1. The van der Waals surface area contributed by atoms with Gasteiger partial charge in [0.05, 0.1) is 0 Å². The van der Waals surface area contributed by atoms with Crippen LogP contribution < -0.4 is 4.74 Å². The molecule has 33 heavy (non-hydrogen) atoms. The molecule has 1 amide bonds. The molecule has 2 aromatic rings. The zero-order chi connectivity index (χ0) is 24.0. The lowest BCUT2D eigenvalue weighted by Gasteiger charge is -2.44. The van der Waals surface area contributed by atoms with Gasteiger partial charge in [-0.05, 0) is 62.8 Å². The highest BCUT2D eigenvalue weighted by Crippen LogP contribution is 2.25. The summed E-state index contributed by atoms with van der Waals surface area (Å²) in [6.45, 7) is 13.2. The molecule has 0 aliphatic carbocycles. The molecule has 0 radical (unpaired) electrons.